The van der Waals surface area contributed by atoms with E-state index in [0.717, 1.165) is 12.1 Å². The molecule has 0 aliphatic heterocycles. The molecule has 2 rings (SSSR count). The van der Waals surface area contributed by atoms with Gasteiger partial charge >= 0.3 is 0 Å². The molecule has 1 aliphatic rings. The third kappa shape index (κ3) is 2.15. The fourth-order valence-electron chi connectivity index (χ4n) is 2.11. The highest BCUT2D eigenvalue weighted by atomic mass is 16.3. The molecular weight excluding hydrogens is 186 g/mol. The molecule has 1 fully saturated rings. The van der Waals surface area contributed by atoms with E-state index < -0.39 is 0 Å². The molecule has 1 aromatic carbocycles. The van der Waals surface area contributed by atoms with E-state index in [-0.39, 0.29) is 6.10 Å². The van der Waals surface area contributed by atoms with Crippen molar-refractivity contribution in [2.45, 2.75) is 38.8 Å². The highest BCUT2D eigenvalue weighted by Gasteiger charge is 2.29. The number of anilines is 1. The first kappa shape index (κ1) is 10.5. The summed E-state index contributed by atoms with van der Waals surface area (Å²) in [5, 5.41) is 9.72. The van der Waals surface area contributed by atoms with Crippen LogP contribution in [0.4, 0.5) is 5.69 Å². The third-order valence-electron chi connectivity index (χ3n) is 3.02. The maximum absolute atomic E-state index is 9.72. The van der Waals surface area contributed by atoms with Gasteiger partial charge in [0.05, 0.1) is 6.10 Å². The lowest BCUT2D eigenvalue weighted by Gasteiger charge is -2.26. The summed E-state index contributed by atoms with van der Waals surface area (Å²) in [6, 6.07) is 8.88. The summed E-state index contributed by atoms with van der Waals surface area (Å²) in [7, 11) is 0. The zero-order valence-electron chi connectivity index (χ0n) is 9.48. The average molecular weight is 205 g/mol. The van der Waals surface area contributed by atoms with Crippen molar-refractivity contribution in [2.24, 2.45) is 0 Å². The lowest BCUT2D eigenvalue weighted by atomic mass is 10.1. The third-order valence-corrected chi connectivity index (χ3v) is 3.02. The largest absolute Gasteiger partial charge is 0.389 e. The minimum Gasteiger partial charge on any atom is -0.389 e. The molecule has 1 unspecified atom stereocenters. The van der Waals surface area contributed by atoms with E-state index in [4.69, 9.17) is 0 Å². The van der Waals surface area contributed by atoms with Crippen LogP contribution in [-0.4, -0.2) is 17.7 Å². The van der Waals surface area contributed by atoms with Gasteiger partial charge in [-0.1, -0.05) is 18.2 Å². The van der Waals surface area contributed by atoms with Gasteiger partial charge in [-0.05, 0) is 32.8 Å². The van der Waals surface area contributed by atoms with E-state index in [1.54, 1.807) is 0 Å². The van der Waals surface area contributed by atoms with E-state index in [1.807, 2.05) is 25.1 Å². The Hall–Kier alpha value is -1.02. The number of hydrogen-bond acceptors (Lipinski definition) is 2. The molecule has 0 spiro atoms. The predicted molar refractivity (Wildman–Crippen MR) is 63.1 cm³/mol. The number of para-hydroxylation sites is 1. The molecule has 15 heavy (non-hydrogen) atoms. The molecule has 82 valence electrons. The highest BCUT2D eigenvalue weighted by Crippen LogP contribution is 2.35. The second-order valence-corrected chi connectivity index (χ2v) is 4.25. The van der Waals surface area contributed by atoms with E-state index in [0.29, 0.717) is 6.04 Å². The van der Waals surface area contributed by atoms with Gasteiger partial charge in [-0.2, -0.15) is 0 Å². The van der Waals surface area contributed by atoms with Crippen LogP contribution in [-0.2, 0) is 0 Å². The van der Waals surface area contributed by atoms with Crippen LogP contribution in [0.3, 0.4) is 0 Å². The summed E-state index contributed by atoms with van der Waals surface area (Å²) in [5.74, 6) is 0. The molecule has 0 amide bonds. The van der Waals surface area contributed by atoms with E-state index in [1.165, 1.54) is 18.5 Å². The van der Waals surface area contributed by atoms with Gasteiger partial charge in [0, 0.05) is 23.8 Å². The van der Waals surface area contributed by atoms with Crippen molar-refractivity contribution in [3.8, 4) is 0 Å². The Kier molecular flexibility index (Phi) is 2.96. The van der Waals surface area contributed by atoms with Crippen molar-refractivity contribution in [3.05, 3.63) is 29.8 Å². The van der Waals surface area contributed by atoms with Crippen molar-refractivity contribution in [2.75, 3.05) is 11.4 Å². The number of benzene rings is 1. The van der Waals surface area contributed by atoms with Gasteiger partial charge in [0.1, 0.15) is 0 Å². The summed E-state index contributed by atoms with van der Waals surface area (Å²) in [6.07, 6.45) is 2.21. The minimum atomic E-state index is -0.381. The molecule has 0 heterocycles. The van der Waals surface area contributed by atoms with Crippen LogP contribution >= 0.6 is 0 Å². The molecule has 2 heteroatoms. The fourth-order valence-corrected chi connectivity index (χ4v) is 2.11. The van der Waals surface area contributed by atoms with Crippen LogP contribution in [0.2, 0.25) is 0 Å². The molecule has 1 aromatic rings. The number of rotatable bonds is 4. The number of aliphatic hydroxyl groups excluding tert-OH is 1. The Morgan fingerprint density at radius 2 is 2.07 bits per heavy atom. The SMILES string of the molecule is CCN(c1ccccc1C(C)O)C1CC1. The van der Waals surface area contributed by atoms with E-state index in [2.05, 4.69) is 17.9 Å². The lowest BCUT2D eigenvalue weighted by Crippen LogP contribution is -2.26. The van der Waals surface area contributed by atoms with Gasteiger partial charge in [-0.25, -0.2) is 0 Å². The second kappa shape index (κ2) is 4.23. The molecule has 1 N–H and O–H groups in total. The van der Waals surface area contributed by atoms with Gasteiger partial charge < -0.3 is 10.0 Å². The monoisotopic (exact) mass is 205 g/mol. The smallest absolute Gasteiger partial charge is 0.0781 e. The Morgan fingerprint density at radius 3 is 2.60 bits per heavy atom. The maximum Gasteiger partial charge on any atom is 0.0781 e. The molecule has 1 atom stereocenters. The summed E-state index contributed by atoms with van der Waals surface area (Å²) in [5.41, 5.74) is 2.25. The quantitative estimate of drug-likeness (QED) is 0.817. The first-order valence-electron chi connectivity index (χ1n) is 5.77. The standard InChI is InChI=1S/C13H19NO/c1-3-14(11-8-9-11)13-7-5-4-6-12(13)10(2)15/h4-7,10-11,15H,3,8-9H2,1-2H3. The van der Waals surface area contributed by atoms with Crippen LogP contribution < -0.4 is 4.90 Å². The van der Waals surface area contributed by atoms with Crippen LogP contribution in [0.15, 0.2) is 24.3 Å². The van der Waals surface area contributed by atoms with Crippen LogP contribution in [0.1, 0.15) is 38.4 Å². The maximum atomic E-state index is 9.72. The van der Waals surface area contributed by atoms with Crippen molar-refractivity contribution < 1.29 is 5.11 Å². The molecule has 0 bridgehead atoms. The average Bonchev–Trinajstić information content (AvgIpc) is 3.04. The second-order valence-electron chi connectivity index (χ2n) is 4.25. The van der Waals surface area contributed by atoms with Gasteiger partial charge in [0.25, 0.3) is 0 Å². The van der Waals surface area contributed by atoms with Gasteiger partial charge in [0.15, 0.2) is 0 Å². The van der Waals surface area contributed by atoms with Gasteiger partial charge in [0.2, 0.25) is 0 Å². The first-order chi connectivity index (χ1) is 7.24. The number of hydrogen-bond donors (Lipinski definition) is 1. The topological polar surface area (TPSA) is 23.5 Å². The van der Waals surface area contributed by atoms with Crippen LogP contribution in [0, 0.1) is 0 Å². The van der Waals surface area contributed by atoms with Crippen LogP contribution in [0.25, 0.3) is 0 Å². The Balaban J connectivity index is 2.31. The predicted octanol–water partition coefficient (Wildman–Crippen LogP) is 2.73. The summed E-state index contributed by atoms with van der Waals surface area (Å²) < 4.78 is 0. The zero-order chi connectivity index (χ0) is 10.8. The van der Waals surface area contributed by atoms with Crippen molar-refractivity contribution >= 4 is 5.69 Å². The number of nitrogens with zero attached hydrogens (tertiary/aromatic N) is 1. The summed E-state index contributed by atoms with van der Waals surface area (Å²) in [6.45, 7) is 5.03. The normalized spacial score (nSPS) is 17.5. The van der Waals surface area contributed by atoms with Crippen molar-refractivity contribution in [1.82, 2.24) is 0 Å². The van der Waals surface area contributed by atoms with E-state index >= 15 is 0 Å². The fraction of sp³-hybridized carbons (Fsp3) is 0.538. The molecular formula is C13H19NO. The van der Waals surface area contributed by atoms with Gasteiger partial charge in [-0.15, -0.1) is 0 Å². The molecule has 2 nitrogen and oxygen atoms in total. The lowest BCUT2D eigenvalue weighted by molar-refractivity contribution is 0.199. The molecule has 0 aromatic heterocycles. The zero-order valence-corrected chi connectivity index (χ0v) is 9.48. The Morgan fingerprint density at radius 1 is 1.40 bits per heavy atom. The molecule has 0 saturated heterocycles. The molecule has 1 saturated carbocycles. The van der Waals surface area contributed by atoms with E-state index in [9.17, 15) is 5.11 Å². The first-order valence-corrected chi connectivity index (χ1v) is 5.77. The Bertz CT molecular complexity index is 331. The van der Waals surface area contributed by atoms with Crippen LogP contribution in [0.5, 0.6) is 0 Å². The molecule has 1 aliphatic carbocycles. The van der Waals surface area contributed by atoms with Crippen molar-refractivity contribution in [3.63, 3.8) is 0 Å². The minimum absolute atomic E-state index is 0.381. The summed E-state index contributed by atoms with van der Waals surface area (Å²) >= 11 is 0. The highest BCUT2D eigenvalue weighted by molar-refractivity contribution is 5.56. The molecule has 0 radical (unpaired) electrons. The van der Waals surface area contributed by atoms with Gasteiger partial charge in [-0.3, -0.25) is 0 Å². The Labute approximate surface area is 91.5 Å². The van der Waals surface area contributed by atoms with Crippen molar-refractivity contribution in [1.29, 1.82) is 0 Å². The summed E-state index contributed by atoms with van der Waals surface area (Å²) in [4.78, 5) is 2.40. The number of aliphatic hydroxyl groups is 1.